The van der Waals surface area contributed by atoms with Gasteiger partial charge < -0.3 is 4.43 Å². The van der Waals surface area contributed by atoms with E-state index in [9.17, 15) is 4.79 Å². The van der Waals surface area contributed by atoms with Crippen molar-refractivity contribution in [2.75, 3.05) is 13.1 Å². The van der Waals surface area contributed by atoms with Gasteiger partial charge in [-0.3, -0.25) is 9.69 Å². The number of ketones is 1. The highest BCUT2D eigenvalue weighted by molar-refractivity contribution is 6.77. The molecule has 4 rings (SSSR count). The Kier molecular flexibility index (Phi) is 5.88. The Balaban J connectivity index is 1.66. The fraction of sp³-hybridized carbons (Fsp3) is 0.960. The van der Waals surface area contributed by atoms with Gasteiger partial charge in [0, 0.05) is 24.4 Å². The largest absolute Gasteiger partial charge is 0.412 e. The molecule has 4 fully saturated rings. The molecule has 4 aliphatic rings. The molecule has 166 valence electrons. The molecule has 2 aliphatic heterocycles. The van der Waals surface area contributed by atoms with E-state index in [0.29, 0.717) is 46.3 Å². The van der Waals surface area contributed by atoms with Crippen LogP contribution in [0.15, 0.2) is 0 Å². The van der Waals surface area contributed by atoms with Gasteiger partial charge in [-0.15, -0.1) is 0 Å². The first-order chi connectivity index (χ1) is 13.6. The van der Waals surface area contributed by atoms with E-state index in [1.54, 1.807) is 0 Å². The molecule has 0 unspecified atom stereocenters. The van der Waals surface area contributed by atoms with Crippen molar-refractivity contribution in [1.29, 1.82) is 0 Å². The molecule has 2 saturated heterocycles. The first-order valence-electron chi connectivity index (χ1n) is 12.6. The standard InChI is InChI=1S/C25H45NO2Si/c1-16(2)29(17(3)4,18(5)6)28-21-13-23-20-11-19(7)14-25(23)22(24(27)12-20)9-8-10-26(25)15-21/h16-23H,8-15H2,1-7H3/t19-,20+,21-,22-,23-,25+/m1/s1. The Morgan fingerprint density at radius 3 is 2.34 bits per heavy atom. The van der Waals surface area contributed by atoms with Crippen molar-refractivity contribution in [2.45, 2.75) is 115 Å². The predicted molar refractivity (Wildman–Crippen MR) is 123 cm³/mol. The first kappa shape index (κ1) is 22.0. The van der Waals surface area contributed by atoms with Crippen LogP contribution in [-0.4, -0.2) is 43.7 Å². The smallest absolute Gasteiger partial charge is 0.200 e. The lowest BCUT2D eigenvalue weighted by molar-refractivity contribution is -0.185. The Morgan fingerprint density at radius 1 is 1.07 bits per heavy atom. The van der Waals surface area contributed by atoms with Gasteiger partial charge in [-0.1, -0.05) is 48.5 Å². The van der Waals surface area contributed by atoms with Crippen molar-refractivity contribution in [3.8, 4) is 0 Å². The van der Waals surface area contributed by atoms with Crippen molar-refractivity contribution < 1.29 is 9.22 Å². The lowest BCUT2D eigenvalue weighted by Gasteiger charge is -2.67. The topological polar surface area (TPSA) is 29.5 Å². The maximum Gasteiger partial charge on any atom is 0.200 e. The van der Waals surface area contributed by atoms with Crippen LogP contribution in [0.5, 0.6) is 0 Å². The average Bonchev–Trinajstić information content (AvgIpc) is 2.61. The molecule has 0 aromatic carbocycles. The van der Waals surface area contributed by atoms with E-state index in [2.05, 4.69) is 53.4 Å². The summed E-state index contributed by atoms with van der Waals surface area (Å²) in [5.74, 6) is 2.95. The van der Waals surface area contributed by atoms with E-state index in [0.717, 1.165) is 25.3 Å². The van der Waals surface area contributed by atoms with Crippen LogP contribution < -0.4 is 0 Å². The van der Waals surface area contributed by atoms with E-state index in [1.165, 1.54) is 32.2 Å². The van der Waals surface area contributed by atoms with Gasteiger partial charge in [0.2, 0.25) is 8.32 Å². The Morgan fingerprint density at radius 2 is 1.72 bits per heavy atom. The molecule has 0 aromatic heterocycles. The van der Waals surface area contributed by atoms with Gasteiger partial charge >= 0.3 is 0 Å². The van der Waals surface area contributed by atoms with Crippen molar-refractivity contribution in [2.24, 2.45) is 23.7 Å². The van der Waals surface area contributed by atoms with Crippen LogP contribution in [0.4, 0.5) is 0 Å². The SMILES string of the molecule is CC(C)[Si](O[C@@H]1C[C@@H]2[C@@H]3CC(=O)[C@H]4CCCN(C1)[C@@]42C[C@H](C)C3)(C(C)C)C(C)C. The highest BCUT2D eigenvalue weighted by atomic mass is 28.4. The zero-order chi connectivity index (χ0) is 21.1. The third kappa shape index (κ3) is 3.22. The highest BCUT2D eigenvalue weighted by Crippen LogP contribution is 2.60. The lowest BCUT2D eigenvalue weighted by Crippen LogP contribution is -2.73. The molecule has 0 N–H and O–H groups in total. The molecular formula is C25H45NO2Si. The molecule has 2 bridgehead atoms. The second kappa shape index (κ2) is 7.74. The van der Waals surface area contributed by atoms with Crippen molar-refractivity contribution in [3.05, 3.63) is 0 Å². The summed E-state index contributed by atoms with van der Waals surface area (Å²) in [5.41, 5.74) is 2.09. The van der Waals surface area contributed by atoms with Crippen LogP contribution >= 0.6 is 0 Å². The third-order valence-corrected chi connectivity index (χ3v) is 15.7. The number of carbonyl (C=O) groups excluding carboxylic acids is 1. The molecule has 2 heterocycles. The lowest BCUT2D eigenvalue weighted by atomic mass is 9.48. The van der Waals surface area contributed by atoms with Gasteiger partial charge in [0.25, 0.3) is 0 Å². The maximum atomic E-state index is 13.1. The van der Waals surface area contributed by atoms with Crippen LogP contribution in [0.25, 0.3) is 0 Å². The van der Waals surface area contributed by atoms with E-state index in [4.69, 9.17) is 4.43 Å². The summed E-state index contributed by atoms with van der Waals surface area (Å²) >= 11 is 0. The summed E-state index contributed by atoms with van der Waals surface area (Å²) in [5, 5.41) is 0. The number of piperidine rings is 2. The van der Waals surface area contributed by atoms with Gasteiger partial charge in [-0.05, 0) is 73.0 Å². The molecular weight excluding hydrogens is 374 g/mol. The summed E-state index contributed by atoms with van der Waals surface area (Å²) in [6.07, 6.45) is 7.26. The number of rotatable bonds is 5. The second-order valence-electron chi connectivity index (χ2n) is 12.0. The maximum absolute atomic E-state index is 13.1. The third-order valence-electron chi connectivity index (χ3n) is 9.58. The summed E-state index contributed by atoms with van der Waals surface area (Å²) in [6, 6.07) is 0. The van der Waals surface area contributed by atoms with E-state index in [-0.39, 0.29) is 5.54 Å². The summed E-state index contributed by atoms with van der Waals surface area (Å²) in [4.78, 5) is 15.9. The second-order valence-corrected chi connectivity index (χ2v) is 17.4. The first-order valence-corrected chi connectivity index (χ1v) is 14.7. The minimum absolute atomic E-state index is 0.174. The van der Waals surface area contributed by atoms with Crippen LogP contribution in [0, 0.1) is 23.7 Å². The number of hydrogen-bond acceptors (Lipinski definition) is 3. The molecule has 2 aliphatic carbocycles. The fourth-order valence-corrected chi connectivity index (χ4v) is 14.5. The van der Waals surface area contributed by atoms with E-state index >= 15 is 0 Å². The monoisotopic (exact) mass is 419 g/mol. The van der Waals surface area contributed by atoms with Gasteiger partial charge in [-0.25, -0.2) is 0 Å². The number of nitrogens with zero attached hydrogens (tertiary/aromatic N) is 1. The van der Waals surface area contributed by atoms with Gasteiger partial charge in [-0.2, -0.15) is 0 Å². The highest BCUT2D eigenvalue weighted by Gasteiger charge is 2.64. The molecule has 1 spiro atoms. The zero-order valence-electron chi connectivity index (χ0n) is 20.0. The average molecular weight is 420 g/mol. The van der Waals surface area contributed by atoms with Gasteiger partial charge in [0.1, 0.15) is 5.78 Å². The fourth-order valence-electron chi connectivity index (χ4n) is 8.92. The quantitative estimate of drug-likeness (QED) is 0.509. The molecule has 3 nitrogen and oxygen atoms in total. The molecule has 6 atom stereocenters. The van der Waals surface area contributed by atoms with Crippen LogP contribution in [0.3, 0.4) is 0 Å². The zero-order valence-corrected chi connectivity index (χ0v) is 21.0. The van der Waals surface area contributed by atoms with Crippen molar-refractivity contribution in [1.82, 2.24) is 4.90 Å². The van der Waals surface area contributed by atoms with E-state index in [1.807, 2.05) is 0 Å². The number of hydrogen-bond donors (Lipinski definition) is 0. The minimum atomic E-state index is -1.87. The Hall–Kier alpha value is -0.193. The summed E-state index contributed by atoms with van der Waals surface area (Å²) < 4.78 is 7.33. The minimum Gasteiger partial charge on any atom is -0.412 e. The molecule has 0 radical (unpaired) electrons. The Bertz CT molecular complexity index is 611. The molecule has 0 aromatic rings. The van der Waals surface area contributed by atoms with Crippen LogP contribution in [0.2, 0.25) is 16.6 Å². The van der Waals surface area contributed by atoms with Crippen molar-refractivity contribution >= 4 is 14.1 Å². The number of Topliss-reactive ketones (excluding diaryl/α,β-unsaturated/α-hetero) is 1. The number of carbonyl (C=O) groups is 1. The van der Waals surface area contributed by atoms with Crippen LogP contribution in [-0.2, 0) is 9.22 Å². The Labute approximate surface area is 180 Å². The predicted octanol–water partition coefficient (Wildman–Crippen LogP) is 6.04. The van der Waals surface area contributed by atoms with E-state index < -0.39 is 8.32 Å². The van der Waals surface area contributed by atoms with Gasteiger partial charge in [0.05, 0.1) is 6.10 Å². The molecule has 4 heteroatoms. The summed E-state index contributed by atoms with van der Waals surface area (Å²) in [6.45, 7) is 19.1. The van der Waals surface area contributed by atoms with Crippen molar-refractivity contribution in [3.63, 3.8) is 0 Å². The normalized spacial score (nSPS) is 40.6. The van der Waals surface area contributed by atoms with Crippen LogP contribution in [0.1, 0.15) is 87.0 Å². The molecule has 0 amide bonds. The molecule has 29 heavy (non-hydrogen) atoms. The summed E-state index contributed by atoms with van der Waals surface area (Å²) in [7, 11) is -1.87. The van der Waals surface area contributed by atoms with Gasteiger partial charge in [0.15, 0.2) is 0 Å². The molecule has 2 saturated carbocycles.